The van der Waals surface area contributed by atoms with Gasteiger partial charge in [-0.15, -0.1) is 0 Å². The van der Waals surface area contributed by atoms with Crippen molar-refractivity contribution in [2.45, 2.75) is 63.4 Å². The number of hydrogen-bond acceptors (Lipinski definition) is 2. The number of amides is 1. The van der Waals surface area contributed by atoms with Crippen molar-refractivity contribution in [3.8, 4) is 0 Å². The molecule has 0 bridgehead atoms. The molecule has 0 saturated heterocycles. The van der Waals surface area contributed by atoms with E-state index in [9.17, 15) is 9.90 Å². The van der Waals surface area contributed by atoms with E-state index < -0.39 is 5.60 Å². The summed E-state index contributed by atoms with van der Waals surface area (Å²) < 4.78 is 0. The maximum Gasteiger partial charge on any atom is 0.220 e. The van der Waals surface area contributed by atoms with Crippen LogP contribution >= 0.6 is 0 Å². The van der Waals surface area contributed by atoms with E-state index in [2.05, 4.69) is 5.32 Å². The van der Waals surface area contributed by atoms with E-state index >= 15 is 0 Å². The first-order valence-electron chi connectivity index (χ1n) is 6.67. The molecule has 2 saturated carbocycles. The standard InChI is InChI=1S/C13H23NO2/c15-12(9-11-5-1-2-6-11)14-10-13(16)7-3-4-8-13/h11,16H,1-10H2,(H,14,15). The molecule has 0 radical (unpaired) electrons. The summed E-state index contributed by atoms with van der Waals surface area (Å²) in [7, 11) is 0. The van der Waals surface area contributed by atoms with Crippen molar-refractivity contribution in [1.29, 1.82) is 0 Å². The SMILES string of the molecule is O=C(CC1CCCC1)NCC1(O)CCCC1. The Balaban J connectivity index is 1.66. The Morgan fingerprint density at radius 3 is 2.44 bits per heavy atom. The molecule has 2 rings (SSSR count). The summed E-state index contributed by atoms with van der Waals surface area (Å²) in [6.45, 7) is 0.457. The first-order valence-corrected chi connectivity index (χ1v) is 6.67. The molecule has 16 heavy (non-hydrogen) atoms. The van der Waals surface area contributed by atoms with E-state index in [0.29, 0.717) is 18.9 Å². The van der Waals surface area contributed by atoms with E-state index in [-0.39, 0.29) is 5.91 Å². The summed E-state index contributed by atoms with van der Waals surface area (Å²) in [4.78, 5) is 11.7. The van der Waals surface area contributed by atoms with Crippen molar-refractivity contribution in [2.75, 3.05) is 6.54 Å². The Morgan fingerprint density at radius 2 is 1.81 bits per heavy atom. The van der Waals surface area contributed by atoms with Gasteiger partial charge in [-0.3, -0.25) is 4.79 Å². The van der Waals surface area contributed by atoms with Crippen LogP contribution in [0.1, 0.15) is 57.8 Å². The highest BCUT2D eigenvalue weighted by Gasteiger charge is 2.31. The number of carbonyl (C=O) groups excluding carboxylic acids is 1. The molecule has 0 aromatic heterocycles. The fraction of sp³-hybridized carbons (Fsp3) is 0.923. The van der Waals surface area contributed by atoms with Gasteiger partial charge in [-0.2, -0.15) is 0 Å². The normalized spacial score (nSPS) is 24.8. The molecule has 0 heterocycles. The van der Waals surface area contributed by atoms with E-state index in [4.69, 9.17) is 0 Å². The van der Waals surface area contributed by atoms with Crippen LogP contribution in [-0.4, -0.2) is 23.2 Å². The second kappa shape index (κ2) is 5.17. The highest BCUT2D eigenvalue weighted by molar-refractivity contribution is 5.76. The Hall–Kier alpha value is -0.570. The molecule has 1 amide bonds. The van der Waals surface area contributed by atoms with Crippen LogP contribution in [0.15, 0.2) is 0 Å². The number of hydrogen-bond donors (Lipinski definition) is 2. The maximum atomic E-state index is 11.7. The Bertz CT molecular complexity index is 240. The second-order valence-electron chi connectivity index (χ2n) is 5.56. The third kappa shape index (κ3) is 3.21. The van der Waals surface area contributed by atoms with Gasteiger partial charge in [0.2, 0.25) is 5.91 Å². The van der Waals surface area contributed by atoms with Crippen LogP contribution < -0.4 is 5.32 Å². The lowest BCUT2D eigenvalue weighted by Crippen LogP contribution is -2.41. The van der Waals surface area contributed by atoms with E-state index in [1.165, 1.54) is 25.7 Å². The zero-order chi connectivity index (χ0) is 11.4. The first-order chi connectivity index (χ1) is 7.68. The minimum Gasteiger partial charge on any atom is -0.388 e. The largest absolute Gasteiger partial charge is 0.388 e. The molecule has 2 aliphatic rings. The minimum absolute atomic E-state index is 0.132. The molecule has 92 valence electrons. The lowest BCUT2D eigenvalue weighted by molar-refractivity contribution is -0.123. The van der Waals surface area contributed by atoms with Crippen LogP contribution in [0, 0.1) is 5.92 Å². The van der Waals surface area contributed by atoms with Crippen molar-refractivity contribution in [3.05, 3.63) is 0 Å². The summed E-state index contributed by atoms with van der Waals surface area (Å²) >= 11 is 0. The van der Waals surface area contributed by atoms with Gasteiger partial charge in [0.15, 0.2) is 0 Å². The Labute approximate surface area is 97.6 Å². The average Bonchev–Trinajstić information content (AvgIpc) is 2.88. The minimum atomic E-state index is -0.606. The summed E-state index contributed by atoms with van der Waals surface area (Å²) in [5.41, 5.74) is -0.606. The fourth-order valence-electron chi connectivity index (χ4n) is 3.02. The monoisotopic (exact) mass is 225 g/mol. The average molecular weight is 225 g/mol. The molecule has 2 fully saturated rings. The zero-order valence-corrected chi connectivity index (χ0v) is 10.0. The van der Waals surface area contributed by atoms with Crippen molar-refractivity contribution in [2.24, 2.45) is 5.92 Å². The molecule has 3 heteroatoms. The lowest BCUT2D eigenvalue weighted by Gasteiger charge is -2.22. The van der Waals surface area contributed by atoms with E-state index in [0.717, 1.165) is 25.7 Å². The van der Waals surface area contributed by atoms with Gasteiger partial charge < -0.3 is 10.4 Å². The van der Waals surface area contributed by atoms with Gasteiger partial charge in [-0.25, -0.2) is 0 Å². The summed E-state index contributed by atoms with van der Waals surface area (Å²) in [6, 6.07) is 0. The van der Waals surface area contributed by atoms with Crippen LogP contribution in [0.4, 0.5) is 0 Å². The van der Waals surface area contributed by atoms with Crippen LogP contribution in [0.3, 0.4) is 0 Å². The predicted octanol–water partition coefficient (Wildman–Crippen LogP) is 1.99. The molecule has 0 spiro atoms. The highest BCUT2D eigenvalue weighted by atomic mass is 16.3. The summed E-state index contributed by atoms with van der Waals surface area (Å²) in [5, 5.41) is 13.0. The zero-order valence-electron chi connectivity index (χ0n) is 10.0. The number of aliphatic hydroxyl groups is 1. The molecule has 3 nitrogen and oxygen atoms in total. The summed E-state index contributed by atoms with van der Waals surface area (Å²) in [5.74, 6) is 0.727. The van der Waals surface area contributed by atoms with E-state index in [1.54, 1.807) is 0 Å². The fourth-order valence-corrected chi connectivity index (χ4v) is 3.02. The predicted molar refractivity (Wildman–Crippen MR) is 63.0 cm³/mol. The van der Waals surface area contributed by atoms with Crippen LogP contribution in [0.25, 0.3) is 0 Å². The first kappa shape index (κ1) is 11.9. The van der Waals surface area contributed by atoms with Crippen molar-refractivity contribution in [3.63, 3.8) is 0 Å². The van der Waals surface area contributed by atoms with Gasteiger partial charge in [0.1, 0.15) is 0 Å². The van der Waals surface area contributed by atoms with Crippen LogP contribution in [0.2, 0.25) is 0 Å². The quantitative estimate of drug-likeness (QED) is 0.768. The third-order valence-corrected chi connectivity index (χ3v) is 4.10. The molecule has 2 aliphatic carbocycles. The lowest BCUT2D eigenvalue weighted by atomic mass is 10.0. The van der Waals surface area contributed by atoms with Gasteiger partial charge >= 0.3 is 0 Å². The number of nitrogens with one attached hydrogen (secondary N) is 1. The molecule has 0 unspecified atom stereocenters. The molecule has 0 aromatic carbocycles. The van der Waals surface area contributed by atoms with Gasteiger partial charge in [-0.1, -0.05) is 25.7 Å². The highest BCUT2D eigenvalue weighted by Crippen LogP contribution is 2.29. The molecule has 0 aliphatic heterocycles. The molecular formula is C13H23NO2. The number of rotatable bonds is 4. The smallest absolute Gasteiger partial charge is 0.220 e. The Morgan fingerprint density at radius 1 is 1.19 bits per heavy atom. The van der Waals surface area contributed by atoms with Crippen LogP contribution in [0.5, 0.6) is 0 Å². The molecule has 2 N–H and O–H groups in total. The van der Waals surface area contributed by atoms with Crippen molar-refractivity contribution in [1.82, 2.24) is 5.32 Å². The maximum absolute atomic E-state index is 11.7. The second-order valence-corrected chi connectivity index (χ2v) is 5.56. The van der Waals surface area contributed by atoms with Gasteiger partial charge in [0, 0.05) is 13.0 Å². The summed E-state index contributed by atoms with van der Waals surface area (Å²) in [6.07, 6.45) is 9.51. The Kier molecular flexibility index (Phi) is 3.85. The van der Waals surface area contributed by atoms with Crippen molar-refractivity contribution >= 4 is 5.91 Å². The molecule has 0 atom stereocenters. The number of carbonyl (C=O) groups is 1. The molecule has 0 aromatic rings. The van der Waals surface area contributed by atoms with Gasteiger partial charge in [0.25, 0.3) is 0 Å². The van der Waals surface area contributed by atoms with Gasteiger partial charge in [0.05, 0.1) is 5.60 Å². The van der Waals surface area contributed by atoms with Crippen molar-refractivity contribution < 1.29 is 9.90 Å². The van der Waals surface area contributed by atoms with Gasteiger partial charge in [-0.05, 0) is 31.6 Å². The third-order valence-electron chi connectivity index (χ3n) is 4.10. The van der Waals surface area contributed by atoms with Crippen LogP contribution in [-0.2, 0) is 4.79 Å². The molecular weight excluding hydrogens is 202 g/mol. The van der Waals surface area contributed by atoms with E-state index in [1.807, 2.05) is 0 Å². The topological polar surface area (TPSA) is 49.3 Å².